The highest BCUT2D eigenvalue weighted by Gasteiger charge is 2.31. The Bertz CT molecular complexity index is 416. The molecule has 1 fully saturated rings. The number of esters is 1. The second-order valence-electron chi connectivity index (χ2n) is 4.66. The second-order valence-corrected chi connectivity index (χ2v) is 5.58. The van der Waals surface area contributed by atoms with Crippen molar-refractivity contribution >= 4 is 21.9 Å². The third-order valence-corrected chi connectivity index (χ3v) is 3.96. The number of hydrogen-bond donors (Lipinski definition) is 1. The summed E-state index contributed by atoms with van der Waals surface area (Å²) in [5.41, 5.74) is 1.03. The monoisotopic (exact) mass is 311 g/mol. The Labute approximate surface area is 116 Å². The van der Waals surface area contributed by atoms with Crippen LogP contribution in [-0.4, -0.2) is 26.2 Å². The van der Waals surface area contributed by atoms with Crippen LogP contribution in [0.3, 0.4) is 0 Å². The van der Waals surface area contributed by atoms with Gasteiger partial charge >= 0.3 is 5.97 Å². The quantitative estimate of drug-likeness (QED) is 0.872. The number of benzene rings is 1. The van der Waals surface area contributed by atoms with Crippen molar-refractivity contribution in [3.63, 3.8) is 0 Å². The summed E-state index contributed by atoms with van der Waals surface area (Å²) in [7, 11) is 1.46. The van der Waals surface area contributed by atoms with Crippen molar-refractivity contribution in [2.75, 3.05) is 20.2 Å². The fourth-order valence-corrected chi connectivity index (χ4v) is 3.01. The largest absolute Gasteiger partial charge is 0.469 e. The van der Waals surface area contributed by atoms with Crippen LogP contribution < -0.4 is 5.32 Å². The summed E-state index contributed by atoms with van der Waals surface area (Å²) in [6, 6.07) is 7.94. The molecule has 4 heteroatoms. The van der Waals surface area contributed by atoms with Crippen LogP contribution in [-0.2, 0) is 9.53 Å². The molecule has 0 radical (unpaired) electrons. The van der Waals surface area contributed by atoms with E-state index in [0.717, 1.165) is 36.0 Å². The van der Waals surface area contributed by atoms with Gasteiger partial charge in [0.05, 0.1) is 13.0 Å². The van der Waals surface area contributed by atoms with Crippen molar-refractivity contribution in [2.24, 2.45) is 5.92 Å². The van der Waals surface area contributed by atoms with Crippen molar-refractivity contribution in [1.82, 2.24) is 5.32 Å². The molecule has 1 heterocycles. The van der Waals surface area contributed by atoms with Crippen LogP contribution in [0.4, 0.5) is 0 Å². The zero-order valence-electron chi connectivity index (χ0n) is 10.5. The number of methoxy groups -OCH3 is 1. The van der Waals surface area contributed by atoms with Gasteiger partial charge in [0.15, 0.2) is 0 Å². The molecule has 0 bridgehead atoms. The van der Waals surface area contributed by atoms with Crippen LogP contribution >= 0.6 is 15.9 Å². The number of carbonyl (C=O) groups is 1. The molecule has 2 rings (SSSR count). The smallest absolute Gasteiger partial charge is 0.313 e. The number of nitrogens with one attached hydrogen (secondary N) is 1. The molecule has 0 aliphatic carbocycles. The van der Waals surface area contributed by atoms with Crippen LogP contribution in [0.5, 0.6) is 0 Å². The predicted octanol–water partition coefficient (Wildman–Crippen LogP) is 2.71. The Kier molecular flexibility index (Phi) is 4.78. The Morgan fingerprint density at radius 2 is 2.39 bits per heavy atom. The summed E-state index contributed by atoms with van der Waals surface area (Å²) in [4.78, 5) is 12.1. The number of hydrogen-bond acceptors (Lipinski definition) is 3. The highest BCUT2D eigenvalue weighted by molar-refractivity contribution is 9.10. The lowest BCUT2D eigenvalue weighted by atomic mass is 9.81. The molecule has 1 aromatic carbocycles. The lowest BCUT2D eigenvalue weighted by Gasteiger charge is -2.29. The van der Waals surface area contributed by atoms with Gasteiger partial charge < -0.3 is 10.1 Å². The molecule has 3 nitrogen and oxygen atoms in total. The molecule has 1 N–H and O–H groups in total. The van der Waals surface area contributed by atoms with Crippen molar-refractivity contribution in [3.8, 4) is 0 Å². The Hall–Kier alpha value is -0.870. The minimum atomic E-state index is -0.166. The second kappa shape index (κ2) is 6.34. The minimum absolute atomic E-state index is 0.137. The normalized spacial score (nSPS) is 21.3. The van der Waals surface area contributed by atoms with Crippen LogP contribution in [0.2, 0.25) is 0 Å². The van der Waals surface area contributed by atoms with E-state index in [0.29, 0.717) is 5.92 Å². The lowest BCUT2D eigenvalue weighted by molar-refractivity contribution is -0.144. The van der Waals surface area contributed by atoms with Gasteiger partial charge in [0.25, 0.3) is 0 Å². The predicted molar refractivity (Wildman–Crippen MR) is 74.5 cm³/mol. The van der Waals surface area contributed by atoms with Crippen molar-refractivity contribution in [2.45, 2.75) is 18.8 Å². The summed E-state index contributed by atoms with van der Waals surface area (Å²) in [6.45, 7) is 1.93. The van der Waals surface area contributed by atoms with Gasteiger partial charge in [-0.1, -0.05) is 28.1 Å². The molecule has 1 saturated heterocycles. The first kappa shape index (κ1) is 13.6. The van der Waals surface area contributed by atoms with Gasteiger partial charge in [0.2, 0.25) is 0 Å². The average molecular weight is 312 g/mol. The Morgan fingerprint density at radius 1 is 1.56 bits per heavy atom. The van der Waals surface area contributed by atoms with E-state index in [2.05, 4.69) is 21.2 Å². The van der Waals surface area contributed by atoms with Gasteiger partial charge in [-0.3, -0.25) is 4.79 Å². The molecule has 2 atom stereocenters. The maximum absolute atomic E-state index is 12.1. The summed E-state index contributed by atoms with van der Waals surface area (Å²) in [6.07, 6.45) is 2.19. The number of piperidine rings is 1. The van der Waals surface area contributed by atoms with Gasteiger partial charge in [-0.05, 0) is 49.5 Å². The number of carbonyl (C=O) groups excluding carboxylic acids is 1. The van der Waals surface area contributed by atoms with Gasteiger partial charge in [-0.15, -0.1) is 0 Å². The molecule has 1 aromatic rings. The highest BCUT2D eigenvalue weighted by Crippen LogP contribution is 2.31. The first-order valence-corrected chi connectivity index (χ1v) is 7.05. The van der Waals surface area contributed by atoms with Crippen molar-refractivity contribution in [1.29, 1.82) is 0 Å². The fourth-order valence-electron chi connectivity index (χ4n) is 2.59. The van der Waals surface area contributed by atoms with Crippen LogP contribution in [0.25, 0.3) is 0 Å². The van der Waals surface area contributed by atoms with Crippen LogP contribution in [0.1, 0.15) is 24.3 Å². The summed E-state index contributed by atoms with van der Waals surface area (Å²) >= 11 is 3.46. The molecule has 1 aliphatic heterocycles. The fraction of sp³-hybridized carbons (Fsp3) is 0.500. The summed E-state index contributed by atoms with van der Waals surface area (Å²) in [5.74, 6) is 0.0163. The molecule has 0 spiro atoms. The summed E-state index contributed by atoms with van der Waals surface area (Å²) in [5, 5.41) is 3.36. The zero-order valence-corrected chi connectivity index (χ0v) is 12.1. The van der Waals surface area contributed by atoms with Crippen LogP contribution in [0, 0.1) is 5.92 Å². The van der Waals surface area contributed by atoms with E-state index < -0.39 is 0 Å². The standard InChI is InChI=1S/C14H18BrNO2/c1-18-14(17)13(11-5-3-7-16-9-11)10-4-2-6-12(15)8-10/h2,4,6,8,11,13,16H,3,5,7,9H2,1H3. The lowest BCUT2D eigenvalue weighted by Crippen LogP contribution is -2.36. The number of ether oxygens (including phenoxy) is 1. The molecule has 0 saturated carbocycles. The van der Waals surface area contributed by atoms with Gasteiger partial charge in [-0.25, -0.2) is 0 Å². The Balaban J connectivity index is 2.26. The Morgan fingerprint density at radius 3 is 3.00 bits per heavy atom. The van der Waals surface area contributed by atoms with Gasteiger partial charge in [0.1, 0.15) is 0 Å². The third-order valence-electron chi connectivity index (χ3n) is 3.47. The molecule has 18 heavy (non-hydrogen) atoms. The minimum Gasteiger partial charge on any atom is -0.469 e. The zero-order chi connectivity index (χ0) is 13.0. The molecular formula is C14H18BrNO2. The van der Waals surface area contributed by atoms with E-state index in [1.807, 2.05) is 24.3 Å². The topological polar surface area (TPSA) is 38.3 Å². The summed E-state index contributed by atoms with van der Waals surface area (Å²) < 4.78 is 5.98. The third kappa shape index (κ3) is 3.12. The molecule has 2 unspecified atom stereocenters. The van der Waals surface area contributed by atoms with Crippen molar-refractivity contribution in [3.05, 3.63) is 34.3 Å². The molecule has 98 valence electrons. The first-order chi connectivity index (χ1) is 8.72. The number of halogens is 1. The SMILES string of the molecule is COC(=O)C(c1cccc(Br)c1)C1CCCNC1. The molecule has 1 aliphatic rings. The van der Waals surface area contributed by atoms with E-state index in [9.17, 15) is 4.79 Å². The van der Waals surface area contributed by atoms with E-state index >= 15 is 0 Å². The van der Waals surface area contributed by atoms with E-state index in [1.54, 1.807) is 0 Å². The van der Waals surface area contributed by atoms with Gasteiger partial charge in [-0.2, -0.15) is 0 Å². The number of rotatable bonds is 3. The molecular weight excluding hydrogens is 294 g/mol. The van der Waals surface area contributed by atoms with E-state index in [1.165, 1.54) is 7.11 Å². The van der Waals surface area contributed by atoms with E-state index in [4.69, 9.17) is 4.74 Å². The first-order valence-electron chi connectivity index (χ1n) is 6.26. The maximum atomic E-state index is 12.1. The van der Waals surface area contributed by atoms with Crippen molar-refractivity contribution < 1.29 is 9.53 Å². The van der Waals surface area contributed by atoms with Crippen LogP contribution in [0.15, 0.2) is 28.7 Å². The molecule has 0 amide bonds. The molecule has 0 aromatic heterocycles. The van der Waals surface area contributed by atoms with E-state index in [-0.39, 0.29) is 11.9 Å². The average Bonchev–Trinajstić information content (AvgIpc) is 2.40. The highest BCUT2D eigenvalue weighted by atomic mass is 79.9. The van der Waals surface area contributed by atoms with Gasteiger partial charge in [0, 0.05) is 4.47 Å². The maximum Gasteiger partial charge on any atom is 0.313 e.